The van der Waals surface area contributed by atoms with Gasteiger partial charge in [0.2, 0.25) is 11.8 Å². The van der Waals surface area contributed by atoms with Gasteiger partial charge in [-0.2, -0.15) is 0 Å². The van der Waals surface area contributed by atoms with E-state index in [2.05, 4.69) is 26.7 Å². The number of aromatic nitrogens is 4. The molecule has 0 bridgehead atoms. The predicted molar refractivity (Wildman–Crippen MR) is 59.0 cm³/mol. The molecule has 0 aliphatic rings. The maximum atomic E-state index is 5.47. The maximum absolute atomic E-state index is 5.47. The van der Waals surface area contributed by atoms with Crippen molar-refractivity contribution >= 4 is 0 Å². The summed E-state index contributed by atoms with van der Waals surface area (Å²) in [5.41, 5.74) is 0. The highest BCUT2D eigenvalue weighted by molar-refractivity contribution is 4.95. The third-order valence-electron chi connectivity index (χ3n) is 2.39. The van der Waals surface area contributed by atoms with Gasteiger partial charge in [0.15, 0.2) is 0 Å². The molecule has 0 radical (unpaired) electrons. The van der Waals surface area contributed by atoms with E-state index in [4.69, 9.17) is 4.42 Å². The van der Waals surface area contributed by atoms with Crippen molar-refractivity contribution in [2.45, 2.75) is 39.7 Å². The van der Waals surface area contributed by atoms with Crippen LogP contribution in [-0.4, -0.2) is 19.7 Å². The Morgan fingerprint density at radius 1 is 1.25 bits per heavy atom. The lowest BCUT2D eigenvalue weighted by atomic mass is 10.3. The van der Waals surface area contributed by atoms with Crippen LogP contribution in [0, 0.1) is 0 Å². The van der Waals surface area contributed by atoms with Crippen LogP contribution in [0.1, 0.15) is 37.9 Å². The van der Waals surface area contributed by atoms with E-state index in [0.717, 1.165) is 25.1 Å². The Labute approximate surface area is 94.5 Å². The highest BCUT2D eigenvalue weighted by Gasteiger charge is 2.07. The Kier molecular flexibility index (Phi) is 3.34. The minimum atomic E-state index is 0.613. The Bertz CT molecular complexity index is 446. The van der Waals surface area contributed by atoms with Crippen molar-refractivity contribution in [3.8, 4) is 0 Å². The van der Waals surface area contributed by atoms with Gasteiger partial charge in [0.25, 0.3) is 0 Å². The van der Waals surface area contributed by atoms with Gasteiger partial charge < -0.3 is 8.98 Å². The molecule has 0 N–H and O–H groups in total. The lowest BCUT2D eigenvalue weighted by Crippen LogP contribution is -2.04. The van der Waals surface area contributed by atoms with Gasteiger partial charge in [0.05, 0.1) is 0 Å². The fourth-order valence-corrected chi connectivity index (χ4v) is 1.58. The highest BCUT2D eigenvalue weighted by Crippen LogP contribution is 2.07. The van der Waals surface area contributed by atoms with E-state index in [1.807, 2.05) is 19.3 Å². The average Bonchev–Trinajstić information content (AvgIpc) is 2.90. The smallest absolute Gasteiger partial charge is 0.236 e. The topological polar surface area (TPSA) is 56.7 Å². The monoisotopic (exact) mass is 220 g/mol. The molecule has 0 fully saturated rings. The Balaban J connectivity index is 2.10. The van der Waals surface area contributed by atoms with Crippen molar-refractivity contribution in [2.75, 3.05) is 0 Å². The summed E-state index contributed by atoms with van der Waals surface area (Å²) in [7, 11) is 0. The third kappa shape index (κ3) is 2.29. The molecule has 2 rings (SSSR count). The Hall–Kier alpha value is -1.65. The first-order valence-electron chi connectivity index (χ1n) is 5.64. The molecule has 0 aliphatic carbocycles. The molecule has 0 amide bonds. The molecule has 0 unspecified atom stereocenters. The Morgan fingerprint density at radius 3 is 2.75 bits per heavy atom. The number of imidazole rings is 1. The standard InChI is InChI=1S/C11H16N4O/c1-3-5-9-12-6-7-15(9)8-11-14-13-10(4-2)16-11/h6-7H,3-5,8H2,1-2H3. The van der Waals surface area contributed by atoms with Crippen LogP contribution in [0.5, 0.6) is 0 Å². The molecule has 86 valence electrons. The molecular weight excluding hydrogens is 204 g/mol. The van der Waals surface area contributed by atoms with Crippen LogP contribution < -0.4 is 0 Å². The van der Waals surface area contributed by atoms with Crippen LogP contribution in [0.3, 0.4) is 0 Å². The van der Waals surface area contributed by atoms with Gasteiger partial charge in [-0.1, -0.05) is 13.8 Å². The van der Waals surface area contributed by atoms with Gasteiger partial charge in [-0.15, -0.1) is 10.2 Å². The zero-order valence-electron chi connectivity index (χ0n) is 9.68. The number of rotatable bonds is 5. The van der Waals surface area contributed by atoms with Crippen molar-refractivity contribution in [3.05, 3.63) is 30.0 Å². The molecule has 5 heteroatoms. The molecule has 0 saturated heterocycles. The summed E-state index contributed by atoms with van der Waals surface area (Å²) in [5.74, 6) is 2.40. The van der Waals surface area contributed by atoms with Crippen molar-refractivity contribution in [1.82, 2.24) is 19.7 Å². The van der Waals surface area contributed by atoms with E-state index >= 15 is 0 Å². The second kappa shape index (κ2) is 4.92. The van der Waals surface area contributed by atoms with E-state index in [9.17, 15) is 0 Å². The van der Waals surface area contributed by atoms with Crippen LogP contribution >= 0.6 is 0 Å². The van der Waals surface area contributed by atoms with E-state index < -0.39 is 0 Å². The number of hydrogen-bond acceptors (Lipinski definition) is 4. The van der Waals surface area contributed by atoms with Crippen LogP contribution in [0.15, 0.2) is 16.8 Å². The van der Waals surface area contributed by atoms with Crippen molar-refractivity contribution in [2.24, 2.45) is 0 Å². The summed E-state index contributed by atoms with van der Waals surface area (Å²) in [6.07, 6.45) is 6.59. The molecule has 5 nitrogen and oxygen atoms in total. The molecule has 0 saturated carbocycles. The summed E-state index contributed by atoms with van der Waals surface area (Å²) >= 11 is 0. The minimum absolute atomic E-state index is 0.613. The van der Waals surface area contributed by atoms with Gasteiger partial charge in [-0.25, -0.2) is 4.98 Å². The maximum Gasteiger partial charge on any atom is 0.236 e. The SMILES string of the molecule is CCCc1nccn1Cc1nnc(CC)o1. The average molecular weight is 220 g/mol. The van der Waals surface area contributed by atoms with E-state index in [1.165, 1.54) is 0 Å². The van der Waals surface area contributed by atoms with Crippen LogP contribution in [0.25, 0.3) is 0 Å². The van der Waals surface area contributed by atoms with Gasteiger partial charge in [-0.05, 0) is 6.42 Å². The normalized spacial score (nSPS) is 10.9. The molecule has 0 aromatic carbocycles. The summed E-state index contributed by atoms with van der Waals surface area (Å²) in [6, 6.07) is 0. The lowest BCUT2D eigenvalue weighted by molar-refractivity contribution is 0.439. The lowest BCUT2D eigenvalue weighted by Gasteiger charge is -2.02. The first-order chi connectivity index (χ1) is 7.83. The molecule has 2 aromatic heterocycles. The van der Waals surface area contributed by atoms with Gasteiger partial charge in [0, 0.05) is 25.2 Å². The van der Waals surface area contributed by atoms with Crippen molar-refractivity contribution in [1.29, 1.82) is 0 Å². The largest absolute Gasteiger partial charge is 0.423 e. The number of hydrogen-bond donors (Lipinski definition) is 0. The van der Waals surface area contributed by atoms with Gasteiger partial charge in [-0.3, -0.25) is 0 Å². The summed E-state index contributed by atoms with van der Waals surface area (Å²) in [4.78, 5) is 4.30. The summed E-state index contributed by atoms with van der Waals surface area (Å²) in [5, 5.41) is 7.94. The van der Waals surface area contributed by atoms with Gasteiger partial charge in [0.1, 0.15) is 12.4 Å². The van der Waals surface area contributed by atoms with Crippen molar-refractivity contribution in [3.63, 3.8) is 0 Å². The number of aryl methyl sites for hydroxylation is 2. The molecule has 2 aromatic rings. The highest BCUT2D eigenvalue weighted by atomic mass is 16.4. The first kappa shape index (κ1) is 10.9. The summed E-state index contributed by atoms with van der Waals surface area (Å²) < 4.78 is 7.52. The first-order valence-corrected chi connectivity index (χ1v) is 5.64. The molecule has 0 spiro atoms. The van der Waals surface area contributed by atoms with Crippen LogP contribution in [0.2, 0.25) is 0 Å². The number of nitrogens with zero attached hydrogens (tertiary/aromatic N) is 4. The van der Waals surface area contributed by atoms with E-state index in [0.29, 0.717) is 18.3 Å². The molecule has 0 atom stereocenters. The van der Waals surface area contributed by atoms with Crippen molar-refractivity contribution < 1.29 is 4.42 Å². The molecule has 2 heterocycles. The molecular formula is C11H16N4O. The molecule has 16 heavy (non-hydrogen) atoms. The predicted octanol–water partition coefficient (Wildman–Crippen LogP) is 1.83. The molecule has 0 aliphatic heterocycles. The van der Waals surface area contributed by atoms with E-state index in [-0.39, 0.29) is 0 Å². The quantitative estimate of drug-likeness (QED) is 0.771. The fourth-order valence-electron chi connectivity index (χ4n) is 1.58. The van der Waals surface area contributed by atoms with Gasteiger partial charge >= 0.3 is 0 Å². The zero-order chi connectivity index (χ0) is 11.4. The fraction of sp³-hybridized carbons (Fsp3) is 0.545. The van der Waals surface area contributed by atoms with E-state index in [1.54, 1.807) is 0 Å². The van der Waals surface area contributed by atoms with Crippen LogP contribution in [-0.2, 0) is 19.4 Å². The Morgan fingerprint density at radius 2 is 2.06 bits per heavy atom. The van der Waals surface area contributed by atoms with Crippen LogP contribution in [0.4, 0.5) is 0 Å². The second-order valence-corrected chi connectivity index (χ2v) is 3.66. The summed E-state index contributed by atoms with van der Waals surface area (Å²) in [6.45, 7) is 4.75. The minimum Gasteiger partial charge on any atom is -0.423 e. The second-order valence-electron chi connectivity index (χ2n) is 3.66. The third-order valence-corrected chi connectivity index (χ3v) is 2.39. The zero-order valence-corrected chi connectivity index (χ0v) is 9.68.